The number of fused-ring (bicyclic) bond motifs is 2. The number of rotatable bonds is 2. The van der Waals surface area contributed by atoms with Gasteiger partial charge in [-0.25, -0.2) is 0 Å². The molecule has 22 heavy (non-hydrogen) atoms. The van der Waals surface area contributed by atoms with E-state index < -0.39 is 0 Å². The molecule has 1 heteroatoms. The highest BCUT2D eigenvalue weighted by atomic mass is 15.1. The second-order valence-electron chi connectivity index (χ2n) is 5.91. The Labute approximate surface area is 131 Å². The fourth-order valence-corrected chi connectivity index (χ4v) is 3.16. The molecule has 1 nitrogen and oxygen atoms in total. The van der Waals surface area contributed by atoms with Crippen molar-refractivity contribution in [3.63, 3.8) is 0 Å². The predicted octanol–water partition coefficient (Wildman–Crippen LogP) is 5.57. The van der Waals surface area contributed by atoms with E-state index in [1.807, 2.05) is 0 Å². The number of nitrogens with zero attached hydrogens (tertiary/aromatic N) is 1. The first-order valence-electron chi connectivity index (χ1n) is 7.83. The lowest BCUT2D eigenvalue weighted by Crippen LogP contribution is -2.10. The van der Waals surface area contributed by atoms with Crippen molar-refractivity contribution in [1.82, 2.24) is 0 Å². The number of benzene rings is 3. The summed E-state index contributed by atoms with van der Waals surface area (Å²) < 4.78 is 0. The van der Waals surface area contributed by atoms with E-state index in [2.05, 4.69) is 84.8 Å². The maximum Gasteiger partial charge on any atom is 0.0414 e. The molecule has 1 aliphatic carbocycles. The van der Waals surface area contributed by atoms with Gasteiger partial charge in [-0.15, -0.1) is 0 Å². The van der Waals surface area contributed by atoms with Crippen molar-refractivity contribution < 1.29 is 0 Å². The second kappa shape index (κ2) is 5.34. The van der Waals surface area contributed by atoms with E-state index in [1.54, 1.807) is 0 Å². The van der Waals surface area contributed by atoms with Crippen molar-refractivity contribution in [2.75, 3.05) is 11.9 Å². The summed E-state index contributed by atoms with van der Waals surface area (Å²) in [6.45, 7) is 0. The van der Waals surface area contributed by atoms with Crippen LogP contribution in [0.4, 0.5) is 11.4 Å². The maximum atomic E-state index is 2.29. The van der Waals surface area contributed by atoms with Crippen LogP contribution in [0.25, 0.3) is 16.8 Å². The molecule has 108 valence electrons. The third-order valence-electron chi connectivity index (χ3n) is 4.51. The van der Waals surface area contributed by atoms with Crippen LogP contribution in [0.15, 0.2) is 66.7 Å². The summed E-state index contributed by atoms with van der Waals surface area (Å²) in [4.78, 5) is 2.26. The third kappa shape index (κ3) is 2.29. The summed E-state index contributed by atoms with van der Waals surface area (Å²) in [5.41, 5.74) is 5.27. The van der Waals surface area contributed by atoms with Gasteiger partial charge in [-0.1, -0.05) is 48.6 Å². The first kappa shape index (κ1) is 13.1. The van der Waals surface area contributed by atoms with Crippen LogP contribution in [0.1, 0.15) is 17.5 Å². The lowest BCUT2D eigenvalue weighted by atomic mass is 9.97. The van der Waals surface area contributed by atoms with Crippen molar-refractivity contribution in [1.29, 1.82) is 0 Å². The molecule has 0 unspecified atom stereocenters. The molecular formula is C21H19N. The normalized spacial score (nSPS) is 13.1. The van der Waals surface area contributed by atoms with Crippen molar-refractivity contribution >= 4 is 28.2 Å². The molecule has 0 saturated carbocycles. The molecule has 3 aromatic carbocycles. The Hall–Kier alpha value is -2.54. The summed E-state index contributed by atoms with van der Waals surface area (Å²) in [7, 11) is 2.14. The Morgan fingerprint density at radius 3 is 2.50 bits per heavy atom. The molecule has 0 fully saturated rings. The molecule has 0 heterocycles. The molecule has 0 aliphatic heterocycles. The molecule has 0 N–H and O–H groups in total. The van der Waals surface area contributed by atoms with E-state index in [9.17, 15) is 0 Å². The minimum absolute atomic E-state index is 1.16. The van der Waals surface area contributed by atoms with Crippen molar-refractivity contribution in [3.05, 3.63) is 77.9 Å². The Balaban J connectivity index is 1.73. The first-order chi connectivity index (χ1) is 10.8. The fraction of sp³-hybridized carbons (Fsp3) is 0.143. The SMILES string of the molecule is CN(c1ccc2c(c1)C=CCC2)c1ccc2ccccc2c1. The Morgan fingerprint density at radius 1 is 0.818 bits per heavy atom. The summed E-state index contributed by atoms with van der Waals surface area (Å²) in [6, 6.07) is 21.9. The van der Waals surface area contributed by atoms with Gasteiger partial charge in [0.1, 0.15) is 0 Å². The van der Waals surface area contributed by atoms with E-state index >= 15 is 0 Å². The van der Waals surface area contributed by atoms with Gasteiger partial charge < -0.3 is 4.90 Å². The van der Waals surface area contributed by atoms with Crippen molar-refractivity contribution in [2.24, 2.45) is 0 Å². The minimum Gasteiger partial charge on any atom is -0.345 e. The zero-order valence-electron chi connectivity index (χ0n) is 12.8. The van der Waals surface area contributed by atoms with Gasteiger partial charge >= 0.3 is 0 Å². The standard InChI is InChI=1S/C21H19N/c1-22(20-12-10-16-6-2-4-8-18(16)14-20)21-13-11-17-7-3-5-9-19(17)15-21/h2,4-6,8-15H,3,7H2,1H3. The molecule has 0 atom stereocenters. The Kier molecular flexibility index (Phi) is 3.19. The molecule has 0 radical (unpaired) electrons. The van der Waals surface area contributed by atoms with E-state index in [0.717, 1.165) is 12.8 Å². The molecule has 4 rings (SSSR count). The first-order valence-corrected chi connectivity index (χ1v) is 7.83. The summed E-state index contributed by atoms with van der Waals surface area (Å²) in [5, 5.41) is 2.57. The lowest BCUT2D eigenvalue weighted by molar-refractivity contribution is 0.984. The average molecular weight is 285 g/mol. The van der Waals surface area contributed by atoms with Crippen LogP contribution in [-0.2, 0) is 6.42 Å². The number of anilines is 2. The quantitative estimate of drug-likeness (QED) is 0.595. The minimum atomic E-state index is 1.16. The number of hydrogen-bond acceptors (Lipinski definition) is 1. The smallest absolute Gasteiger partial charge is 0.0414 e. The van der Waals surface area contributed by atoms with Crippen LogP contribution >= 0.6 is 0 Å². The number of aryl methyl sites for hydroxylation is 1. The van der Waals surface area contributed by atoms with Gasteiger partial charge in [0.05, 0.1) is 0 Å². The maximum absolute atomic E-state index is 2.29. The average Bonchev–Trinajstić information content (AvgIpc) is 2.60. The second-order valence-corrected chi connectivity index (χ2v) is 5.91. The summed E-state index contributed by atoms with van der Waals surface area (Å²) >= 11 is 0. The highest BCUT2D eigenvalue weighted by Crippen LogP contribution is 2.30. The largest absolute Gasteiger partial charge is 0.345 e. The molecular weight excluding hydrogens is 266 g/mol. The van der Waals surface area contributed by atoms with Crippen LogP contribution in [0.3, 0.4) is 0 Å². The van der Waals surface area contributed by atoms with Gasteiger partial charge in [0.2, 0.25) is 0 Å². The fourth-order valence-electron chi connectivity index (χ4n) is 3.16. The van der Waals surface area contributed by atoms with Gasteiger partial charge in [0, 0.05) is 18.4 Å². The van der Waals surface area contributed by atoms with Crippen LogP contribution < -0.4 is 4.90 Å². The summed E-state index contributed by atoms with van der Waals surface area (Å²) in [5.74, 6) is 0. The summed E-state index contributed by atoms with van der Waals surface area (Å²) in [6.07, 6.45) is 6.83. The number of hydrogen-bond donors (Lipinski definition) is 0. The van der Waals surface area contributed by atoms with Gasteiger partial charge in [-0.3, -0.25) is 0 Å². The lowest BCUT2D eigenvalue weighted by Gasteiger charge is -2.22. The zero-order chi connectivity index (χ0) is 14.9. The third-order valence-corrected chi connectivity index (χ3v) is 4.51. The Morgan fingerprint density at radius 2 is 1.59 bits per heavy atom. The molecule has 3 aromatic rings. The number of allylic oxidation sites excluding steroid dienone is 1. The van der Waals surface area contributed by atoms with Crippen LogP contribution in [-0.4, -0.2) is 7.05 Å². The van der Waals surface area contributed by atoms with E-state index in [1.165, 1.54) is 33.3 Å². The van der Waals surface area contributed by atoms with Crippen LogP contribution in [0.2, 0.25) is 0 Å². The zero-order valence-corrected chi connectivity index (χ0v) is 12.8. The highest BCUT2D eigenvalue weighted by molar-refractivity contribution is 5.87. The van der Waals surface area contributed by atoms with Gasteiger partial charge in [0.15, 0.2) is 0 Å². The molecule has 0 bridgehead atoms. The van der Waals surface area contributed by atoms with Gasteiger partial charge in [0.25, 0.3) is 0 Å². The van der Waals surface area contributed by atoms with Gasteiger partial charge in [-0.05, 0) is 59.0 Å². The van der Waals surface area contributed by atoms with E-state index in [-0.39, 0.29) is 0 Å². The van der Waals surface area contributed by atoms with Crippen molar-refractivity contribution in [3.8, 4) is 0 Å². The molecule has 0 spiro atoms. The van der Waals surface area contributed by atoms with Crippen LogP contribution in [0.5, 0.6) is 0 Å². The predicted molar refractivity (Wildman–Crippen MR) is 95.8 cm³/mol. The van der Waals surface area contributed by atoms with E-state index in [0.29, 0.717) is 0 Å². The monoisotopic (exact) mass is 285 g/mol. The Bertz CT molecular complexity index is 861. The van der Waals surface area contributed by atoms with Gasteiger partial charge in [-0.2, -0.15) is 0 Å². The molecule has 0 aromatic heterocycles. The van der Waals surface area contributed by atoms with Crippen LogP contribution in [0, 0.1) is 0 Å². The van der Waals surface area contributed by atoms with Crippen molar-refractivity contribution in [2.45, 2.75) is 12.8 Å². The molecule has 0 amide bonds. The molecule has 0 saturated heterocycles. The van der Waals surface area contributed by atoms with E-state index in [4.69, 9.17) is 0 Å². The topological polar surface area (TPSA) is 3.24 Å². The molecule has 1 aliphatic rings. The highest BCUT2D eigenvalue weighted by Gasteiger charge is 2.09.